The molecule has 2 heterocycles. The van der Waals surface area contributed by atoms with Crippen LogP contribution >= 0.6 is 27.3 Å². The fourth-order valence-electron chi connectivity index (χ4n) is 1.86. The van der Waals surface area contributed by atoms with E-state index in [1.165, 1.54) is 6.07 Å². The predicted octanol–water partition coefficient (Wildman–Crippen LogP) is 3.60. The second-order valence-electron chi connectivity index (χ2n) is 3.87. The second kappa shape index (κ2) is 4.47. The van der Waals surface area contributed by atoms with Crippen LogP contribution in [0.3, 0.4) is 0 Å². The van der Waals surface area contributed by atoms with Crippen LogP contribution in [0.1, 0.15) is 17.7 Å². The van der Waals surface area contributed by atoms with Gasteiger partial charge >= 0.3 is 0 Å². The second-order valence-corrected chi connectivity index (χ2v) is 6.33. The van der Waals surface area contributed by atoms with Crippen molar-refractivity contribution in [2.75, 3.05) is 13.1 Å². The van der Waals surface area contributed by atoms with Crippen LogP contribution in [0.25, 0.3) is 0 Å². The number of hydrogen-bond donors (Lipinski definition) is 1. The van der Waals surface area contributed by atoms with Crippen LogP contribution in [0.2, 0.25) is 0 Å². The van der Waals surface area contributed by atoms with Crippen LogP contribution in [0.4, 0.5) is 8.78 Å². The first-order valence-corrected chi connectivity index (χ1v) is 6.53. The third-order valence-electron chi connectivity index (χ3n) is 2.64. The van der Waals surface area contributed by atoms with Gasteiger partial charge in [0.05, 0.1) is 8.66 Å². The Morgan fingerprint density at radius 3 is 2.87 bits per heavy atom. The average Bonchev–Trinajstić information content (AvgIpc) is 2.75. The van der Waals surface area contributed by atoms with E-state index in [4.69, 9.17) is 0 Å². The van der Waals surface area contributed by atoms with E-state index in [9.17, 15) is 8.78 Å². The number of halogens is 3. The molecule has 1 aromatic rings. The van der Waals surface area contributed by atoms with E-state index in [2.05, 4.69) is 21.2 Å². The minimum Gasteiger partial charge on any atom is -0.316 e. The number of rotatable bonds is 3. The van der Waals surface area contributed by atoms with Crippen molar-refractivity contribution in [1.29, 1.82) is 0 Å². The number of nitrogens with one attached hydrogen (secondary N) is 1. The van der Waals surface area contributed by atoms with Crippen molar-refractivity contribution in [3.8, 4) is 0 Å². The minimum atomic E-state index is -2.67. The van der Waals surface area contributed by atoms with E-state index in [1.807, 2.05) is 0 Å². The number of alkyl halides is 2. The molecule has 1 N–H and O–H groups in total. The van der Waals surface area contributed by atoms with Crippen molar-refractivity contribution in [2.45, 2.75) is 18.8 Å². The Labute approximate surface area is 100 Å². The molecule has 0 spiro atoms. The lowest BCUT2D eigenvalue weighted by Gasteiger charge is -2.18. The van der Waals surface area contributed by atoms with Crippen molar-refractivity contribution >= 4 is 27.3 Å². The Hall–Kier alpha value is -0.0000000000000000833. The first kappa shape index (κ1) is 11.5. The molecule has 0 bridgehead atoms. The lowest BCUT2D eigenvalue weighted by molar-refractivity contribution is -0.0231. The Kier molecular flexibility index (Phi) is 3.42. The van der Waals surface area contributed by atoms with Crippen molar-refractivity contribution in [1.82, 2.24) is 5.32 Å². The molecule has 1 fully saturated rings. The molecule has 1 saturated heterocycles. The summed E-state index contributed by atoms with van der Waals surface area (Å²) in [6.45, 7) is 1.59. The quantitative estimate of drug-likeness (QED) is 0.898. The molecule has 5 heteroatoms. The number of hydrogen-bond acceptors (Lipinski definition) is 2. The summed E-state index contributed by atoms with van der Waals surface area (Å²) >= 11 is 4.33. The normalized spacial score (nSPS) is 22.2. The Morgan fingerprint density at radius 2 is 2.33 bits per heavy atom. The first-order valence-electron chi connectivity index (χ1n) is 4.92. The zero-order chi connectivity index (χ0) is 10.9. The SMILES string of the molecule is FC(F)(CC1CCNC1)c1ccc(Br)s1. The van der Waals surface area contributed by atoms with Gasteiger partial charge in [-0.15, -0.1) is 11.3 Å². The van der Waals surface area contributed by atoms with E-state index in [-0.39, 0.29) is 17.2 Å². The summed E-state index contributed by atoms with van der Waals surface area (Å²) in [5, 5.41) is 3.11. The Balaban J connectivity index is 2.05. The maximum Gasteiger partial charge on any atom is 0.282 e. The molecular formula is C10H12BrF2NS. The van der Waals surface area contributed by atoms with Crippen LogP contribution in [0.15, 0.2) is 15.9 Å². The Bertz CT molecular complexity index is 334. The highest BCUT2D eigenvalue weighted by atomic mass is 79.9. The van der Waals surface area contributed by atoms with Gasteiger partial charge in [-0.1, -0.05) is 0 Å². The van der Waals surface area contributed by atoms with Gasteiger partial charge in [0.2, 0.25) is 0 Å². The van der Waals surface area contributed by atoms with Crippen molar-refractivity contribution in [2.24, 2.45) is 5.92 Å². The van der Waals surface area contributed by atoms with Crippen molar-refractivity contribution in [3.63, 3.8) is 0 Å². The molecule has 0 saturated carbocycles. The molecule has 84 valence electrons. The van der Waals surface area contributed by atoms with Gasteiger partial charge in [0, 0.05) is 6.42 Å². The predicted molar refractivity (Wildman–Crippen MR) is 61.5 cm³/mol. The maximum absolute atomic E-state index is 13.8. The van der Waals surface area contributed by atoms with Crippen LogP contribution in [0.5, 0.6) is 0 Å². The molecular weight excluding hydrogens is 284 g/mol. The third kappa shape index (κ3) is 2.77. The molecule has 1 aromatic heterocycles. The molecule has 1 aliphatic rings. The van der Waals surface area contributed by atoms with E-state index < -0.39 is 5.92 Å². The molecule has 2 rings (SSSR count). The van der Waals surface area contributed by atoms with Crippen molar-refractivity contribution < 1.29 is 8.78 Å². The molecule has 0 amide bonds. The monoisotopic (exact) mass is 295 g/mol. The largest absolute Gasteiger partial charge is 0.316 e. The average molecular weight is 296 g/mol. The highest BCUT2D eigenvalue weighted by Crippen LogP contribution is 2.40. The van der Waals surface area contributed by atoms with Gasteiger partial charge in [-0.3, -0.25) is 0 Å². The summed E-state index contributed by atoms with van der Waals surface area (Å²) in [6.07, 6.45) is 0.828. The van der Waals surface area contributed by atoms with E-state index in [0.29, 0.717) is 0 Å². The molecule has 1 aliphatic heterocycles. The van der Waals surface area contributed by atoms with Gasteiger partial charge in [0.25, 0.3) is 5.92 Å². The lowest BCUT2D eigenvalue weighted by atomic mass is 9.99. The lowest BCUT2D eigenvalue weighted by Crippen LogP contribution is -2.19. The maximum atomic E-state index is 13.8. The molecule has 1 atom stereocenters. The van der Waals surface area contributed by atoms with Gasteiger partial charge in [-0.2, -0.15) is 0 Å². The first-order chi connectivity index (χ1) is 7.08. The third-order valence-corrected chi connectivity index (χ3v) is 4.38. The molecule has 0 aliphatic carbocycles. The fourth-order valence-corrected chi connectivity index (χ4v) is 3.23. The summed E-state index contributed by atoms with van der Waals surface area (Å²) in [5.74, 6) is -2.56. The van der Waals surface area contributed by atoms with E-state index in [1.54, 1.807) is 6.07 Å². The molecule has 1 nitrogen and oxygen atoms in total. The van der Waals surface area contributed by atoms with Gasteiger partial charge in [-0.05, 0) is 53.5 Å². The molecule has 0 radical (unpaired) electrons. The summed E-state index contributed by atoms with van der Waals surface area (Å²) in [7, 11) is 0. The zero-order valence-electron chi connectivity index (χ0n) is 8.10. The molecule has 15 heavy (non-hydrogen) atoms. The van der Waals surface area contributed by atoms with Gasteiger partial charge in [0.15, 0.2) is 0 Å². The summed E-state index contributed by atoms with van der Waals surface area (Å²) in [4.78, 5) is 0.168. The van der Waals surface area contributed by atoms with Gasteiger partial charge < -0.3 is 5.32 Å². The molecule has 0 aromatic carbocycles. The Morgan fingerprint density at radius 1 is 1.53 bits per heavy atom. The van der Waals surface area contributed by atoms with E-state index >= 15 is 0 Å². The van der Waals surface area contributed by atoms with Crippen LogP contribution < -0.4 is 5.32 Å². The van der Waals surface area contributed by atoms with Crippen molar-refractivity contribution in [3.05, 3.63) is 20.8 Å². The summed E-state index contributed by atoms with van der Waals surface area (Å²) < 4.78 is 28.3. The van der Waals surface area contributed by atoms with E-state index in [0.717, 1.165) is 34.6 Å². The highest BCUT2D eigenvalue weighted by Gasteiger charge is 2.36. The van der Waals surface area contributed by atoms with Gasteiger partial charge in [-0.25, -0.2) is 8.78 Å². The standard InChI is InChI=1S/C10H12BrF2NS/c11-9-2-1-8(15-9)10(12,13)5-7-3-4-14-6-7/h1-2,7,14H,3-6H2. The fraction of sp³-hybridized carbons (Fsp3) is 0.600. The summed E-state index contributed by atoms with van der Waals surface area (Å²) in [6, 6.07) is 3.19. The van der Waals surface area contributed by atoms with Crippen LogP contribution in [-0.2, 0) is 5.92 Å². The number of thiophene rings is 1. The highest BCUT2D eigenvalue weighted by molar-refractivity contribution is 9.11. The topological polar surface area (TPSA) is 12.0 Å². The minimum absolute atomic E-state index is 0.0348. The summed E-state index contributed by atoms with van der Waals surface area (Å²) in [5.41, 5.74) is 0. The zero-order valence-corrected chi connectivity index (χ0v) is 10.5. The van der Waals surface area contributed by atoms with Crippen LogP contribution in [0, 0.1) is 5.92 Å². The smallest absolute Gasteiger partial charge is 0.282 e. The van der Waals surface area contributed by atoms with Gasteiger partial charge in [0.1, 0.15) is 0 Å². The van der Waals surface area contributed by atoms with Crippen LogP contribution in [-0.4, -0.2) is 13.1 Å². The molecule has 1 unspecified atom stereocenters.